The van der Waals surface area contributed by atoms with Gasteiger partial charge in [-0.15, -0.1) is 0 Å². The maximum absolute atomic E-state index is 13.0. The number of aryl methyl sites for hydroxylation is 1. The molecule has 1 fully saturated rings. The van der Waals surface area contributed by atoms with E-state index in [1.165, 1.54) is 0 Å². The molecule has 4 aromatic rings. The summed E-state index contributed by atoms with van der Waals surface area (Å²) in [4.78, 5) is 31.8. The lowest BCUT2D eigenvalue weighted by atomic mass is 9.95. The molecule has 7 heteroatoms. The van der Waals surface area contributed by atoms with Crippen molar-refractivity contribution in [3.05, 3.63) is 88.2 Å². The zero-order chi connectivity index (χ0) is 21.4. The topological polar surface area (TPSA) is 83.9 Å². The van der Waals surface area contributed by atoms with Crippen molar-refractivity contribution in [1.29, 1.82) is 0 Å². The minimum absolute atomic E-state index is 0.0536. The van der Waals surface area contributed by atoms with Gasteiger partial charge in [0.25, 0.3) is 5.91 Å². The van der Waals surface area contributed by atoms with Gasteiger partial charge in [0.05, 0.1) is 11.2 Å². The van der Waals surface area contributed by atoms with Crippen LogP contribution in [0.5, 0.6) is 0 Å². The molecule has 0 bridgehead atoms. The van der Waals surface area contributed by atoms with Crippen molar-refractivity contribution in [3.8, 4) is 5.69 Å². The molecule has 156 valence electrons. The molecule has 1 N–H and O–H groups in total. The van der Waals surface area contributed by atoms with Crippen molar-refractivity contribution in [3.63, 3.8) is 0 Å². The van der Waals surface area contributed by atoms with Crippen LogP contribution < -0.4 is 5.69 Å². The number of carbonyl (C=O) groups excluding carboxylic acids is 1. The zero-order valence-electron chi connectivity index (χ0n) is 17.3. The molecule has 0 spiro atoms. The lowest BCUT2D eigenvalue weighted by molar-refractivity contribution is 0.0705. The summed E-state index contributed by atoms with van der Waals surface area (Å²) in [7, 11) is 0. The smallest absolute Gasteiger partial charge is 0.337 e. The van der Waals surface area contributed by atoms with E-state index in [2.05, 4.69) is 15.2 Å². The van der Waals surface area contributed by atoms with E-state index in [-0.39, 0.29) is 17.5 Å². The Balaban J connectivity index is 1.33. The summed E-state index contributed by atoms with van der Waals surface area (Å²) in [5.74, 6) is 0.779. The van der Waals surface area contributed by atoms with E-state index in [1.54, 1.807) is 10.6 Å². The molecule has 3 heterocycles. The van der Waals surface area contributed by atoms with Crippen molar-refractivity contribution in [1.82, 2.24) is 24.6 Å². The minimum atomic E-state index is -0.238. The van der Waals surface area contributed by atoms with Crippen molar-refractivity contribution >= 4 is 16.8 Å². The highest BCUT2D eigenvalue weighted by Crippen LogP contribution is 2.28. The molecule has 0 atom stereocenters. The monoisotopic (exact) mass is 413 g/mol. The van der Waals surface area contributed by atoms with Crippen LogP contribution in [0.1, 0.15) is 40.6 Å². The Bertz CT molecular complexity index is 1300. The number of likely N-dealkylation sites (tertiary alicyclic amines) is 1. The molecule has 1 amide bonds. The van der Waals surface area contributed by atoms with Crippen molar-refractivity contribution in [2.45, 2.75) is 25.7 Å². The maximum Gasteiger partial charge on any atom is 0.347 e. The van der Waals surface area contributed by atoms with Crippen LogP contribution in [0.15, 0.2) is 65.5 Å². The van der Waals surface area contributed by atoms with E-state index in [0.29, 0.717) is 18.8 Å². The number of nitrogens with one attached hydrogen (secondary N) is 1. The molecule has 1 aliphatic heterocycles. The van der Waals surface area contributed by atoms with Gasteiger partial charge in [0.2, 0.25) is 0 Å². The first-order chi connectivity index (χ1) is 15.1. The average molecular weight is 413 g/mol. The number of pyridine rings is 1. The second kappa shape index (κ2) is 7.83. The lowest BCUT2D eigenvalue weighted by Gasteiger charge is -2.31. The fraction of sp³-hybridized carbons (Fsp3) is 0.250. The van der Waals surface area contributed by atoms with Crippen LogP contribution in [0.4, 0.5) is 0 Å². The fourth-order valence-corrected chi connectivity index (χ4v) is 4.21. The number of hydrogen-bond acceptors (Lipinski definition) is 4. The number of aromatic amines is 1. The van der Waals surface area contributed by atoms with Crippen LogP contribution in [0.2, 0.25) is 0 Å². The van der Waals surface area contributed by atoms with Gasteiger partial charge in [0.15, 0.2) is 0 Å². The van der Waals surface area contributed by atoms with Gasteiger partial charge in [-0.25, -0.2) is 19.4 Å². The first-order valence-electron chi connectivity index (χ1n) is 10.5. The number of aromatic nitrogens is 4. The van der Waals surface area contributed by atoms with E-state index in [4.69, 9.17) is 0 Å². The highest BCUT2D eigenvalue weighted by Gasteiger charge is 2.29. The number of nitrogens with zero attached hydrogens (tertiary/aromatic N) is 4. The Kier molecular flexibility index (Phi) is 4.86. The number of carbonyl (C=O) groups is 1. The number of benzene rings is 2. The molecular weight excluding hydrogens is 390 g/mol. The van der Waals surface area contributed by atoms with E-state index in [1.807, 2.05) is 66.4 Å². The lowest BCUT2D eigenvalue weighted by Crippen LogP contribution is -2.39. The SMILES string of the molecule is Cc1ccc(-n2c(C3CCN(C(=O)c4ccc5ccccc5n4)CC3)n[nH]c2=O)cc1. The van der Waals surface area contributed by atoms with Crippen LogP contribution in [-0.2, 0) is 0 Å². The maximum atomic E-state index is 13.0. The third kappa shape index (κ3) is 3.63. The summed E-state index contributed by atoms with van der Waals surface area (Å²) in [5, 5.41) is 7.92. The average Bonchev–Trinajstić information content (AvgIpc) is 3.20. The Morgan fingerprint density at radius 2 is 1.74 bits per heavy atom. The summed E-state index contributed by atoms with van der Waals surface area (Å²) in [5.41, 5.74) is 2.99. The van der Waals surface area contributed by atoms with Gasteiger partial charge in [-0.05, 0) is 44.0 Å². The number of rotatable bonds is 3. The van der Waals surface area contributed by atoms with Gasteiger partial charge in [-0.3, -0.25) is 4.79 Å². The molecule has 0 saturated carbocycles. The third-order valence-corrected chi connectivity index (χ3v) is 5.96. The van der Waals surface area contributed by atoms with Crippen molar-refractivity contribution < 1.29 is 4.79 Å². The third-order valence-electron chi connectivity index (χ3n) is 5.96. The number of hydrogen-bond donors (Lipinski definition) is 1. The molecule has 0 unspecified atom stereocenters. The molecule has 31 heavy (non-hydrogen) atoms. The van der Waals surface area contributed by atoms with E-state index in [0.717, 1.165) is 40.8 Å². The van der Waals surface area contributed by atoms with Gasteiger partial charge in [0, 0.05) is 24.4 Å². The predicted octanol–water partition coefficient (Wildman–Crippen LogP) is 3.44. The number of amides is 1. The largest absolute Gasteiger partial charge is 0.347 e. The Morgan fingerprint density at radius 1 is 1.00 bits per heavy atom. The zero-order valence-corrected chi connectivity index (χ0v) is 17.3. The second-order valence-electron chi connectivity index (χ2n) is 8.01. The molecular formula is C24H23N5O2. The quantitative estimate of drug-likeness (QED) is 0.558. The van der Waals surface area contributed by atoms with Crippen LogP contribution in [0, 0.1) is 6.92 Å². The molecule has 2 aromatic heterocycles. The summed E-state index contributed by atoms with van der Waals surface area (Å²) in [6.45, 7) is 3.22. The predicted molar refractivity (Wildman–Crippen MR) is 119 cm³/mol. The summed E-state index contributed by atoms with van der Waals surface area (Å²) in [6.07, 6.45) is 1.49. The fourth-order valence-electron chi connectivity index (χ4n) is 4.21. The molecule has 2 aromatic carbocycles. The van der Waals surface area contributed by atoms with Gasteiger partial charge in [-0.2, -0.15) is 5.10 Å². The Hall–Kier alpha value is -3.74. The van der Waals surface area contributed by atoms with Crippen molar-refractivity contribution in [2.24, 2.45) is 0 Å². The van der Waals surface area contributed by atoms with E-state index >= 15 is 0 Å². The highest BCUT2D eigenvalue weighted by molar-refractivity contribution is 5.95. The molecule has 1 saturated heterocycles. The molecule has 1 aliphatic rings. The van der Waals surface area contributed by atoms with E-state index < -0.39 is 0 Å². The van der Waals surface area contributed by atoms with Crippen molar-refractivity contribution in [2.75, 3.05) is 13.1 Å². The molecule has 5 rings (SSSR count). The number of H-pyrrole nitrogens is 1. The first-order valence-corrected chi connectivity index (χ1v) is 10.5. The molecule has 0 radical (unpaired) electrons. The Morgan fingerprint density at radius 3 is 2.52 bits per heavy atom. The van der Waals surface area contributed by atoms with Gasteiger partial charge >= 0.3 is 5.69 Å². The number of piperidine rings is 1. The number of fused-ring (bicyclic) bond motifs is 1. The standard InChI is InChI=1S/C24H23N5O2/c1-16-6-9-19(10-7-16)29-22(26-27-24(29)31)18-12-14-28(15-13-18)23(30)21-11-8-17-4-2-3-5-20(17)25-21/h2-11,18H,12-15H2,1H3,(H,27,31). The Labute approximate surface area is 179 Å². The molecule has 0 aliphatic carbocycles. The van der Waals surface area contributed by atoms with Gasteiger partial charge in [0.1, 0.15) is 11.5 Å². The summed E-state index contributed by atoms with van der Waals surface area (Å²) < 4.78 is 1.65. The van der Waals surface area contributed by atoms with Gasteiger partial charge in [-0.1, -0.05) is 42.0 Å². The normalized spacial score (nSPS) is 14.8. The first kappa shape index (κ1) is 19.2. The van der Waals surface area contributed by atoms with Gasteiger partial charge < -0.3 is 4.90 Å². The van der Waals surface area contributed by atoms with Crippen LogP contribution >= 0.6 is 0 Å². The minimum Gasteiger partial charge on any atom is -0.337 e. The second-order valence-corrected chi connectivity index (χ2v) is 8.01. The van der Waals surface area contributed by atoms with E-state index in [9.17, 15) is 9.59 Å². The summed E-state index contributed by atoms with van der Waals surface area (Å²) in [6, 6.07) is 19.3. The summed E-state index contributed by atoms with van der Waals surface area (Å²) >= 11 is 0. The van der Waals surface area contributed by atoms with Crippen LogP contribution in [-0.4, -0.2) is 43.6 Å². The molecule has 7 nitrogen and oxygen atoms in total. The van der Waals surface area contributed by atoms with Crippen LogP contribution in [0.25, 0.3) is 16.6 Å². The number of para-hydroxylation sites is 1. The van der Waals surface area contributed by atoms with Crippen LogP contribution in [0.3, 0.4) is 0 Å². The highest BCUT2D eigenvalue weighted by atomic mass is 16.2.